The maximum atomic E-state index is 4.33. The zero-order valence-corrected chi connectivity index (χ0v) is 9.45. The Bertz CT molecular complexity index is 484. The van der Waals surface area contributed by atoms with Crippen molar-refractivity contribution in [1.29, 1.82) is 0 Å². The van der Waals surface area contributed by atoms with Crippen LogP contribution in [0.5, 0.6) is 0 Å². The van der Waals surface area contributed by atoms with Crippen LogP contribution in [0.3, 0.4) is 0 Å². The van der Waals surface area contributed by atoms with E-state index in [1.54, 1.807) is 0 Å². The lowest BCUT2D eigenvalue weighted by atomic mass is 9.96. The molecule has 0 bridgehead atoms. The van der Waals surface area contributed by atoms with Gasteiger partial charge in [-0.15, -0.1) is 11.3 Å². The highest BCUT2D eigenvalue weighted by molar-refractivity contribution is 7.10. The molecule has 1 aliphatic rings. The first-order chi connectivity index (χ1) is 7.40. The number of nitrogens with one attached hydrogen (secondary N) is 2. The van der Waals surface area contributed by atoms with Crippen LogP contribution in [0.1, 0.15) is 17.4 Å². The van der Waals surface area contributed by atoms with E-state index in [9.17, 15) is 0 Å². The Hall–Kier alpha value is -1.29. The molecule has 2 aromatic rings. The van der Waals surface area contributed by atoms with Crippen LogP contribution < -0.4 is 5.32 Å². The molecular weight excluding hydrogens is 206 g/mol. The number of hydrogen-bond donors (Lipinski definition) is 2. The number of rotatable bonds is 2. The number of hydrogen-bond acceptors (Lipinski definition) is 3. The van der Waals surface area contributed by atoms with Crippen molar-refractivity contribution in [1.82, 2.24) is 10.2 Å². The average molecular weight is 219 g/mol. The van der Waals surface area contributed by atoms with Crippen molar-refractivity contribution >= 4 is 17.2 Å². The molecule has 0 fully saturated rings. The highest BCUT2D eigenvalue weighted by atomic mass is 32.1. The fraction of sp³-hybridized carbons (Fsp3) is 0.364. The van der Waals surface area contributed by atoms with Gasteiger partial charge in [-0.3, -0.25) is 5.10 Å². The van der Waals surface area contributed by atoms with Gasteiger partial charge in [-0.25, -0.2) is 0 Å². The molecule has 0 radical (unpaired) electrons. The Kier molecular flexibility index (Phi) is 2.02. The van der Waals surface area contributed by atoms with E-state index < -0.39 is 0 Å². The molecule has 3 rings (SSSR count). The fourth-order valence-electron chi connectivity index (χ4n) is 2.14. The SMILES string of the molecule is CCNc1n[nH]c2c1CCc1sccc1-2. The van der Waals surface area contributed by atoms with Crippen molar-refractivity contribution in [3.8, 4) is 11.3 Å². The largest absolute Gasteiger partial charge is 0.369 e. The summed E-state index contributed by atoms with van der Waals surface area (Å²) in [4.78, 5) is 1.48. The number of nitrogens with zero attached hydrogens (tertiary/aromatic N) is 1. The number of fused-ring (bicyclic) bond motifs is 3. The Morgan fingerprint density at radius 2 is 2.47 bits per heavy atom. The normalized spacial score (nSPS) is 13.4. The summed E-state index contributed by atoms with van der Waals surface area (Å²) in [5.41, 5.74) is 3.91. The van der Waals surface area contributed by atoms with Gasteiger partial charge in [0.2, 0.25) is 0 Å². The molecule has 2 aromatic heterocycles. The van der Waals surface area contributed by atoms with Crippen molar-refractivity contribution in [2.45, 2.75) is 19.8 Å². The van der Waals surface area contributed by atoms with Crippen LogP contribution in [0, 0.1) is 0 Å². The molecule has 0 atom stereocenters. The predicted molar refractivity (Wildman–Crippen MR) is 63.5 cm³/mol. The Labute approximate surface area is 92.5 Å². The van der Waals surface area contributed by atoms with Crippen molar-refractivity contribution in [2.24, 2.45) is 0 Å². The summed E-state index contributed by atoms with van der Waals surface area (Å²) in [5.74, 6) is 1.03. The van der Waals surface area contributed by atoms with E-state index in [1.807, 2.05) is 11.3 Å². The van der Waals surface area contributed by atoms with Gasteiger partial charge < -0.3 is 5.32 Å². The third-order valence-corrected chi connectivity index (χ3v) is 3.81. The van der Waals surface area contributed by atoms with Crippen LogP contribution in [0.4, 0.5) is 5.82 Å². The highest BCUT2D eigenvalue weighted by Crippen LogP contribution is 2.37. The van der Waals surface area contributed by atoms with E-state index in [2.05, 4.69) is 33.9 Å². The molecule has 0 aliphatic heterocycles. The van der Waals surface area contributed by atoms with Gasteiger partial charge in [-0.1, -0.05) is 0 Å². The van der Waals surface area contributed by atoms with Gasteiger partial charge in [0.15, 0.2) is 5.82 Å². The maximum absolute atomic E-state index is 4.33. The molecule has 15 heavy (non-hydrogen) atoms. The Morgan fingerprint density at radius 1 is 1.53 bits per heavy atom. The predicted octanol–water partition coefficient (Wildman–Crippen LogP) is 2.67. The van der Waals surface area contributed by atoms with E-state index >= 15 is 0 Å². The van der Waals surface area contributed by atoms with Gasteiger partial charge in [-0.05, 0) is 31.2 Å². The minimum atomic E-state index is 0.924. The minimum Gasteiger partial charge on any atom is -0.369 e. The molecule has 0 unspecified atom stereocenters. The summed E-state index contributed by atoms with van der Waals surface area (Å²) in [6.07, 6.45) is 2.25. The van der Waals surface area contributed by atoms with Crippen molar-refractivity contribution in [3.05, 3.63) is 21.9 Å². The number of aromatic nitrogens is 2. The molecule has 0 saturated carbocycles. The second-order valence-corrected chi connectivity index (χ2v) is 4.71. The number of anilines is 1. The summed E-state index contributed by atoms with van der Waals surface area (Å²) in [7, 11) is 0. The molecule has 0 aromatic carbocycles. The van der Waals surface area contributed by atoms with Gasteiger partial charge in [0, 0.05) is 22.5 Å². The first-order valence-electron chi connectivity index (χ1n) is 5.28. The van der Waals surface area contributed by atoms with Crippen LogP contribution in [-0.4, -0.2) is 16.7 Å². The van der Waals surface area contributed by atoms with Gasteiger partial charge in [-0.2, -0.15) is 5.10 Å². The Morgan fingerprint density at radius 3 is 3.33 bits per heavy atom. The van der Waals surface area contributed by atoms with Crippen LogP contribution in [0.25, 0.3) is 11.3 Å². The molecule has 0 amide bonds. The zero-order chi connectivity index (χ0) is 10.3. The Balaban J connectivity index is 2.11. The lowest BCUT2D eigenvalue weighted by Crippen LogP contribution is -2.04. The van der Waals surface area contributed by atoms with Crippen LogP contribution in [0.15, 0.2) is 11.4 Å². The van der Waals surface area contributed by atoms with Gasteiger partial charge >= 0.3 is 0 Å². The van der Waals surface area contributed by atoms with E-state index in [0.29, 0.717) is 0 Å². The summed E-state index contributed by atoms with van der Waals surface area (Å²) in [6.45, 7) is 3.02. The summed E-state index contributed by atoms with van der Waals surface area (Å²) in [6, 6.07) is 2.19. The zero-order valence-electron chi connectivity index (χ0n) is 8.63. The van der Waals surface area contributed by atoms with E-state index in [4.69, 9.17) is 0 Å². The van der Waals surface area contributed by atoms with Gasteiger partial charge in [0.25, 0.3) is 0 Å². The number of H-pyrrole nitrogens is 1. The quantitative estimate of drug-likeness (QED) is 0.815. The van der Waals surface area contributed by atoms with Crippen molar-refractivity contribution in [2.75, 3.05) is 11.9 Å². The van der Waals surface area contributed by atoms with E-state index in [-0.39, 0.29) is 0 Å². The average Bonchev–Trinajstić information content (AvgIpc) is 2.83. The molecule has 3 nitrogen and oxygen atoms in total. The van der Waals surface area contributed by atoms with E-state index in [1.165, 1.54) is 21.7 Å². The number of aryl methyl sites for hydroxylation is 1. The molecule has 4 heteroatoms. The first-order valence-corrected chi connectivity index (χ1v) is 6.16. The second kappa shape index (κ2) is 3.38. The minimum absolute atomic E-state index is 0.924. The summed E-state index contributed by atoms with van der Waals surface area (Å²) in [5, 5.41) is 12.9. The first kappa shape index (κ1) is 8.97. The third-order valence-electron chi connectivity index (χ3n) is 2.83. The molecule has 2 N–H and O–H groups in total. The smallest absolute Gasteiger partial charge is 0.151 e. The number of aromatic amines is 1. The van der Waals surface area contributed by atoms with Crippen molar-refractivity contribution in [3.63, 3.8) is 0 Å². The lowest BCUT2D eigenvalue weighted by molar-refractivity contribution is 0.962. The summed E-state index contributed by atoms with van der Waals surface area (Å²) >= 11 is 1.84. The molecule has 1 aliphatic carbocycles. The molecule has 78 valence electrons. The van der Waals surface area contributed by atoms with Gasteiger partial charge in [0.1, 0.15) is 0 Å². The standard InChI is InChI=1S/C11H13N3S/c1-2-12-11-8-3-4-9-7(5-6-15-9)10(8)13-14-11/h5-6H,2-4H2,1H3,(H2,12,13,14). The van der Waals surface area contributed by atoms with Gasteiger partial charge in [0.05, 0.1) is 5.69 Å². The fourth-order valence-corrected chi connectivity index (χ4v) is 3.03. The van der Waals surface area contributed by atoms with E-state index in [0.717, 1.165) is 25.2 Å². The highest BCUT2D eigenvalue weighted by Gasteiger charge is 2.22. The molecular formula is C11H13N3S. The molecule has 2 heterocycles. The van der Waals surface area contributed by atoms with Crippen molar-refractivity contribution < 1.29 is 0 Å². The summed E-state index contributed by atoms with van der Waals surface area (Å²) < 4.78 is 0. The molecule has 0 spiro atoms. The maximum Gasteiger partial charge on any atom is 0.151 e. The topological polar surface area (TPSA) is 40.7 Å². The molecule has 0 saturated heterocycles. The van der Waals surface area contributed by atoms with Crippen LogP contribution in [0.2, 0.25) is 0 Å². The van der Waals surface area contributed by atoms with Crippen LogP contribution in [-0.2, 0) is 12.8 Å². The lowest BCUT2D eigenvalue weighted by Gasteiger charge is -2.12. The number of thiophene rings is 1. The third kappa shape index (κ3) is 1.28. The monoisotopic (exact) mass is 219 g/mol. The second-order valence-electron chi connectivity index (χ2n) is 3.71. The van der Waals surface area contributed by atoms with Crippen LogP contribution >= 0.6 is 11.3 Å².